The molecule has 1 aromatic rings. The Balaban J connectivity index is 1.54. The van der Waals surface area contributed by atoms with Gasteiger partial charge in [0.15, 0.2) is 11.6 Å². The topological polar surface area (TPSA) is 61.8 Å². The molecule has 2 N–H and O–H groups in total. The van der Waals surface area contributed by atoms with Crippen LogP contribution in [0.4, 0.5) is 13.6 Å². The lowest BCUT2D eigenvalue weighted by molar-refractivity contribution is 0.192. The standard InChI is InChI=1S/C23H36F2N2O3/c1-2-27(14-15-28)13-5-3-4-6-18-7-9-19(10-8-18)17-26-23(29)30-20-11-12-21(24)22(25)16-20/h11-12,16,18-19,28H,2-10,13-15,17H2,1H3,(H,26,29). The van der Waals surface area contributed by atoms with Crippen LogP contribution >= 0.6 is 0 Å². The summed E-state index contributed by atoms with van der Waals surface area (Å²) in [5, 5.41) is 11.8. The molecule has 170 valence electrons. The van der Waals surface area contributed by atoms with Gasteiger partial charge in [-0.15, -0.1) is 0 Å². The molecule has 30 heavy (non-hydrogen) atoms. The van der Waals surface area contributed by atoms with Crippen LogP contribution in [-0.4, -0.2) is 48.9 Å². The van der Waals surface area contributed by atoms with Crippen molar-refractivity contribution in [1.29, 1.82) is 0 Å². The fourth-order valence-corrected chi connectivity index (χ4v) is 4.15. The van der Waals surface area contributed by atoms with Gasteiger partial charge in [-0.25, -0.2) is 13.6 Å². The summed E-state index contributed by atoms with van der Waals surface area (Å²) in [5.41, 5.74) is 0. The smallest absolute Gasteiger partial charge is 0.410 e. The first-order valence-corrected chi connectivity index (χ1v) is 11.3. The Morgan fingerprint density at radius 2 is 1.83 bits per heavy atom. The average Bonchev–Trinajstić information content (AvgIpc) is 2.74. The number of unbranched alkanes of at least 4 members (excludes halogenated alkanes) is 2. The molecule has 1 aliphatic carbocycles. The second-order valence-electron chi connectivity index (χ2n) is 8.24. The fraction of sp³-hybridized carbons (Fsp3) is 0.696. The summed E-state index contributed by atoms with van der Waals surface area (Å²) in [6.07, 6.45) is 8.88. The number of aliphatic hydroxyl groups is 1. The maximum Gasteiger partial charge on any atom is 0.412 e. The molecule has 7 heteroatoms. The predicted octanol–water partition coefficient (Wildman–Crippen LogP) is 4.73. The van der Waals surface area contributed by atoms with Gasteiger partial charge in [0.1, 0.15) is 5.75 Å². The molecular weight excluding hydrogens is 390 g/mol. The lowest BCUT2D eigenvalue weighted by atomic mass is 9.80. The van der Waals surface area contributed by atoms with Crippen LogP contribution in [-0.2, 0) is 0 Å². The van der Waals surface area contributed by atoms with Crippen LogP contribution in [0.1, 0.15) is 58.3 Å². The maximum absolute atomic E-state index is 13.2. The highest BCUT2D eigenvalue weighted by atomic mass is 19.2. The van der Waals surface area contributed by atoms with Gasteiger partial charge in [-0.05, 0) is 56.3 Å². The van der Waals surface area contributed by atoms with Gasteiger partial charge in [-0.2, -0.15) is 0 Å². The molecule has 5 nitrogen and oxygen atoms in total. The normalized spacial score (nSPS) is 19.1. The van der Waals surface area contributed by atoms with Gasteiger partial charge in [0.2, 0.25) is 0 Å². The number of likely N-dealkylation sites (N-methyl/N-ethyl adjacent to an activating group) is 1. The minimum absolute atomic E-state index is 0.00599. The molecule has 0 aromatic heterocycles. The number of nitrogens with zero attached hydrogens (tertiary/aromatic N) is 1. The van der Waals surface area contributed by atoms with Crippen molar-refractivity contribution in [3.8, 4) is 5.75 Å². The zero-order chi connectivity index (χ0) is 21.8. The van der Waals surface area contributed by atoms with Crippen LogP contribution in [0.2, 0.25) is 0 Å². The summed E-state index contributed by atoms with van der Waals surface area (Å²) in [7, 11) is 0. The van der Waals surface area contributed by atoms with Gasteiger partial charge in [0.25, 0.3) is 0 Å². The van der Waals surface area contributed by atoms with E-state index in [4.69, 9.17) is 9.84 Å². The van der Waals surface area contributed by atoms with E-state index < -0.39 is 17.7 Å². The SMILES string of the molecule is CCN(CCO)CCCCCC1CCC(CNC(=O)Oc2ccc(F)c(F)c2)CC1. The predicted molar refractivity (Wildman–Crippen MR) is 114 cm³/mol. The van der Waals surface area contributed by atoms with Gasteiger partial charge in [0.05, 0.1) is 6.61 Å². The molecule has 1 amide bonds. The third-order valence-corrected chi connectivity index (χ3v) is 6.05. The Morgan fingerprint density at radius 1 is 1.10 bits per heavy atom. The molecule has 0 heterocycles. The van der Waals surface area contributed by atoms with E-state index in [-0.39, 0.29) is 12.4 Å². The van der Waals surface area contributed by atoms with Gasteiger partial charge >= 0.3 is 6.09 Å². The summed E-state index contributed by atoms with van der Waals surface area (Å²) in [6, 6.07) is 3.04. The number of rotatable bonds is 12. The van der Waals surface area contributed by atoms with E-state index in [1.807, 2.05) is 0 Å². The summed E-state index contributed by atoms with van der Waals surface area (Å²) in [6.45, 7) is 5.73. The molecule has 0 spiro atoms. The number of halogens is 2. The molecule has 1 aromatic carbocycles. The number of hydrogen-bond acceptors (Lipinski definition) is 4. The lowest BCUT2D eigenvalue weighted by Gasteiger charge is -2.28. The molecule has 0 radical (unpaired) electrons. The van der Waals surface area contributed by atoms with Crippen molar-refractivity contribution >= 4 is 6.09 Å². The van der Waals surface area contributed by atoms with Crippen molar-refractivity contribution in [2.24, 2.45) is 11.8 Å². The molecule has 0 aliphatic heterocycles. The van der Waals surface area contributed by atoms with E-state index in [0.29, 0.717) is 12.5 Å². The van der Waals surface area contributed by atoms with Crippen molar-refractivity contribution in [3.05, 3.63) is 29.8 Å². The molecule has 1 fully saturated rings. The molecule has 2 rings (SSSR count). The van der Waals surface area contributed by atoms with Crippen molar-refractivity contribution in [2.45, 2.75) is 58.3 Å². The Labute approximate surface area is 178 Å². The third kappa shape index (κ3) is 8.96. The van der Waals surface area contributed by atoms with Crippen LogP contribution in [0.5, 0.6) is 5.75 Å². The van der Waals surface area contributed by atoms with E-state index in [1.54, 1.807) is 0 Å². The largest absolute Gasteiger partial charge is 0.412 e. The third-order valence-electron chi connectivity index (χ3n) is 6.05. The number of benzene rings is 1. The molecule has 1 aliphatic rings. The second-order valence-corrected chi connectivity index (χ2v) is 8.24. The van der Waals surface area contributed by atoms with E-state index >= 15 is 0 Å². The average molecular weight is 427 g/mol. The first-order valence-electron chi connectivity index (χ1n) is 11.3. The summed E-state index contributed by atoms with van der Waals surface area (Å²) < 4.78 is 31.1. The second kappa shape index (κ2) is 13.5. The first kappa shape index (κ1) is 24.5. The highest BCUT2D eigenvalue weighted by Crippen LogP contribution is 2.31. The molecule has 0 saturated heterocycles. The molecule has 0 bridgehead atoms. The number of ether oxygens (including phenoxy) is 1. The van der Waals surface area contributed by atoms with E-state index in [1.165, 1.54) is 44.6 Å². The fourth-order valence-electron chi connectivity index (χ4n) is 4.15. The van der Waals surface area contributed by atoms with Crippen LogP contribution in [0.25, 0.3) is 0 Å². The summed E-state index contributed by atoms with van der Waals surface area (Å²) in [4.78, 5) is 14.1. The Kier molecular flexibility index (Phi) is 11.1. The van der Waals surface area contributed by atoms with E-state index in [0.717, 1.165) is 50.5 Å². The quantitative estimate of drug-likeness (QED) is 0.474. The number of carbonyl (C=O) groups excluding carboxylic acids is 1. The minimum atomic E-state index is -1.04. The van der Waals surface area contributed by atoms with Gasteiger partial charge in [-0.1, -0.05) is 39.0 Å². The van der Waals surface area contributed by atoms with Crippen LogP contribution in [0, 0.1) is 23.5 Å². The van der Waals surface area contributed by atoms with Crippen molar-refractivity contribution in [1.82, 2.24) is 10.2 Å². The summed E-state index contributed by atoms with van der Waals surface area (Å²) in [5.74, 6) is -0.797. The molecule has 0 unspecified atom stereocenters. The number of nitrogens with one attached hydrogen (secondary N) is 1. The Morgan fingerprint density at radius 3 is 2.50 bits per heavy atom. The van der Waals surface area contributed by atoms with Crippen LogP contribution < -0.4 is 10.1 Å². The number of hydrogen-bond donors (Lipinski definition) is 2. The van der Waals surface area contributed by atoms with Crippen LogP contribution in [0.15, 0.2) is 18.2 Å². The van der Waals surface area contributed by atoms with E-state index in [9.17, 15) is 13.6 Å². The highest BCUT2D eigenvalue weighted by molar-refractivity contribution is 5.70. The lowest BCUT2D eigenvalue weighted by Crippen LogP contribution is -2.33. The molecule has 1 saturated carbocycles. The van der Waals surface area contributed by atoms with E-state index in [2.05, 4.69) is 17.1 Å². The summed E-state index contributed by atoms with van der Waals surface area (Å²) >= 11 is 0. The van der Waals surface area contributed by atoms with Crippen molar-refractivity contribution in [2.75, 3.05) is 32.8 Å². The van der Waals surface area contributed by atoms with Gasteiger partial charge < -0.3 is 20.1 Å². The molecule has 0 atom stereocenters. The first-order chi connectivity index (χ1) is 14.5. The van der Waals surface area contributed by atoms with Gasteiger partial charge in [0, 0.05) is 19.2 Å². The Bertz CT molecular complexity index is 637. The number of aliphatic hydroxyl groups excluding tert-OH is 1. The number of amides is 1. The van der Waals surface area contributed by atoms with Crippen molar-refractivity contribution in [3.63, 3.8) is 0 Å². The zero-order valence-electron chi connectivity index (χ0n) is 18.0. The molecular formula is C23H36F2N2O3. The number of carbonyl (C=O) groups is 1. The van der Waals surface area contributed by atoms with Crippen LogP contribution in [0.3, 0.4) is 0 Å². The van der Waals surface area contributed by atoms with Crippen molar-refractivity contribution < 1.29 is 23.4 Å². The monoisotopic (exact) mass is 426 g/mol. The zero-order valence-corrected chi connectivity index (χ0v) is 18.0. The minimum Gasteiger partial charge on any atom is -0.410 e. The maximum atomic E-state index is 13.2. The highest BCUT2D eigenvalue weighted by Gasteiger charge is 2.21. The Hall–Kier alpha value is -1.73. The van der Waals surface area contributed by atoms with Gasteiger partial charge in [-0.3, -0.25) is 0 Å².